The van der Waals surface area contributed by atoms with Gasteiger partial charge in [0, 0.05) is 13.1 Å². The second-order valence-corrected chi connectivity index (χ2v) is 4.19. The lowest BCUT2D eigenvalue weighted by Crippen LogP contribution is -2.57. The summed E-state index contributed by atoms with van der Waals surface area (Å²) in [4.78, 5) is 15.5. The quantitative estimate of drug-likeness (QED) is 0.503. The van der Waals surface area contributed by atoms with Gasteiger partial charge in [-0.15, -0.1) is 0 Å². The third-order valence-electron chi connectivity index (χ3n) is 2.99. The number of hydrogen-bond donors (Lipinski definition) is 0. The molecule has 15 heavy (non-hydrogen) atoms. The zero-order valence-electron chi connectivity index (χ0n) is 9.90. The van der Waals surface area contributed by atoms with Crippen LogP contribution >= 0.6 is 0 Å². The van der Waals surface area contributed by atoms with E-state index in [1.165, 1.54) is 0 Å². The zero-order valence-corrected chi connectivity index (χ0v) is 9.90. The van der Waals surface area contributed by atoms with E-state index in [-0.39, 0.29) is 10.7 Å². The first-order chi connectivity index (χ1) is 7.00. The molecule has 0 radical (unpaired) electrons. The van der Waals surface area contributed by atoms with Gasteiger partial charge in [-0.3, -0.25) is 0 Å². The average molecular weight is 215 g/mol. The molecular weight excluding hydrogens is 194 g/mol. The number of amides is 2. The number of urea groups is 1. The minimum Gasteiger partial charge on any atom is -0.633 e. The van der Waals surface area contributed by atoms with E-state index in [9.17, 15) is 10.0 Å². The third kappa shape index (κ3) is 3.07. The molecule has 2 amide bonds. The molecule has 0 aromatic carbocycles. The Labute approximate surface area is 91.4 Å². The number of rotatable bonds is 2. The van der Waals surface area contributed by atoms with Gasteiger partial charge in [-0.2, -0.15) is 0 Å². The maximum atomic E-state index is 11.9. The summed E-state index contributed by atoms with van der Waals surface area (Å²) >= 11 is 0. The van der Waals surface area contributed by atoms with Crippen LogP contribution in [0.5, 0.6) is 0 Å². The highest BCUT2D eigenvalue weighted by atomic mass is 16.5. The Morgan fingerprint density at radius 2 is 1.80 bits per heavy atom. The zero-order chi connectivity index (χ0) is 11.5. The van der Waals surface area contributed by atoms with E-state index in [1.54, 1.807) is 16.8 Å². The van der Waals surface area contributed by atoms with E-state index in [0.29, 0.717) is 26.2 Å². The maximum absolute atomic E-state index is 11.9. The summed E-state index contributed by atoms with van der Waals surface area (Å²) in [6.45, 7) is 7.58. The van der Waals surface area contributed by atoms with Gasteiger partial charge < -0.3 is 19.7 Å². The Balaban J connectivity index is 2.49. The van der Waals surface area contributed by atoms with Crippen molar-refractivity contribution in [3.8, 4) is 0 Å². The first-order valence-electron chi connectivity index (χ1n) is 5.59. The lowest BCUT2D eigenvalue weighted by Gasteiger charge is -2.45. The molecule has 0 N–H and O–H groups in total. The standard InChI is InChI=1S/C10H21N3O2/c1-4-11(5-2)10(14)12-6-8-13(3,15)9-7-12/h4-9H2,1-3H3. The molecule has 0 aromatic heterocycles. The van der Waals surface area contributed by atoms with E-state index < -0.39 is 0 Å². The van der Waals surface area contributed by atoms with Crippen LogP contribution in [0.3, 0.4) is 0 Å². The number of nitrogens with zero attached hydrogens (tertiary/aromatic N) is 3. The van der Waals surface area contributed by atoms with Crippen LogP contribution in [0, 0.1) is 5.21 Å². The summed E-state index contributed by atoms with van der Waals surface area (Å²) in [6, 6.07) is 0.0692. The highest BCUT2D eigenvalue weighted by Gasteiger charge is 2.26. The van der Waals surface area contributed by atoms with Crippen molar-refractivity contribution in [3.63, 3.8) is 0 Å². The molecule has 0 bridgehead atoms. The highest BCUT2D eigenvalue weighted by Crippen LogP contribution is 2.09. The van der Waals surface area contributed by atoms with Crippen LogP contribution in [0.2, 0.25) is 0 Å². The van der Waals surface area contributed by atoms with E-state index in [4.69, 9.17) is 0 Å². The second-order valence-electron chi connectivity index (χ2n) is 4.19. The molecule has 88 valence electrons. The van der Waals surface area contributed by atoms with Crippen molar-refractivity contribution in [1.29, 1.82) is 0 Å². The number of piperazine rings is 1. The van der Waals surface area contributed by atoms with Crippen LogP contribution in [0.15, 0.2) is 0 Å². The van der Waals surface area contributed by atoms with Crippen molar-refractivity contribution in [2.45, 2.75) is 13.8 Å². The Morgan fingerprint density at radius 1 is 1.33 bits per heavy atom. The number of carbonyl (C=O) groups excluding carboxylic acids is 1. The molecule has 1 heterocycles. The first-order valence-corrected chi connectivity index (χ1v) is 5.59. The molecule has 1 aliphatic heterocycles. The molecule has 0 saturated carbocycles. The lowest BCUT2D eigenvalue weighted by atomic mass is 10.3. The summed E-state index contributed by atoms with van der Waals surface area (Å²) in [5.74, 6) is 0. The van der Waals surface area contributed by atoms with Crippen molar-refractivity contribution in [1.82, 2.24) is 9.80 Å². The summed E-state index contributed by atoms with van der Waals surface area (Å²) < 4.78 is -0.220. The van der Waals surface area contributed by atoms with Gasteiger partial charge in [0.25, 0.3) is 0 Å². The summed E-state index contributed by atoms with van der Waals surface area (Å²) in [5.41, 5.74) is 0. The van der Waals surface area contributed by atoms with Crippen LogP contribution in [-0.4, -0.2) is 66.8 Å². The van der Waals surface area contributed by atoms with Crippen LogP contribution in [0.1, 0.15) is 13.8 Å². The minimum atomic E-state index is -0.220. The Bertz CT molecular complexity index is 217. The molecule has 1 saturated heterocycles. The number of hydroxylamine groups is 3. The molecule has 1 fully saturated rings. The van der Waals surface area contributed by atoms with Gasteiger partial charge in [-0.25, -0.2) is 4.79 Å². The monoisotopic (exact) mass is 215 g/mol. The van der Waals surface area contributed by atoms with E-state index >= 15 is 0 Å². The lowest BCUT2D eigenvalue weighted by molar-refractivity contribution is -0.864. The topological polar surface area (TPSA) is 46.6 Å². The fourth-order valence-corrected chi connectivity index (χ4v) is 1.77. The van der Waals surface area contributed by atoms with Gasteiger partial charge >= 0.3 is 6.03 Å². The Morgan fingerprint density at radius 3 is 2.20 bits per heavy atom. The van der Waals surface area contributed by atoms with Crippen LogP contribution in [0.4, 0.5) is 4.79 Å². The summed E-state index contributed by atoms with van der Waals surface area (Å²) in [5, 5.41) is 11.6. The van der Waals surface area contributed by atoms with Crippen molar-refractivity contribution in [2.24, 2.45) is 0 Å². The molecule has 0 spiro atoms. The van der Waals surface area contributed by atoms with Crippen molar-refractivity contribution in [3.05, 3.63) is 5.21 Å². The summed E-state index contributed by atoms with van der Waals surface area (Å²) in [6.07, 6.45) is 0. The minimum absolute atomic E-state index is 0.0692. The second kappa shape index (κ2) is 4.81. The van der Waals surface area contributed by atoms with Gasteiger partial charge in [0.1, 0.15) is 0 Å². The van der Waals surface area contributed by atoms with Gasteiger partial charge in [-0.05, 0) is 13.8 Å². The van der Waals surface area contributed by atoms with Gasteiger partial charge in [0.15, 0.2) is 0 Å². The fraction of sp³-hybridized carbons (Fsp3) is 0.900. The predicted molar refractivity (Wildman–Crippen MR) is 59.2 cm³/mol. The molecule has 0 aromatic rings. The SMILES string of the molecule is CCN(CC)C(=O)N1CC[N+](C)([O-])CC1. The number of likely N-dealkylation sites (N-methyl/N-ethyl adjacent to an activating group) is 1. The number of quaternary nitrogens is 1. The molecule has 0 unspecified atom stereocenters. The molecule has 5 nitrogen and oxygen atoms in total. The maximum Gasteiger partial charge on any atom is 0.320 e. The van der Waals surface area contributed by atoms with Crippen LogP contribution in [0.25, 0.3) is 0 Å². The average Bonchev–Trinajstić information content (AvgIpc) is 2.19. The van der Waals surface area contributed by atoms with Crippen LogP contribution in [-0.2, 0) is 0 Å². The van der Waals surface area contributed by atoms with Gasteiger partial charge in [0.2, 0.25) is 0 Å². The van der Waals surface area contributed by atoms with Gasteiger partial charge in [0.05, 0.1) is 33.2 Å². The molecule has 0 aliphatic carbocycles. The van der Waals surface area contributed by atoms with Crippen LogP contribution < -0.4 is 0 Å². The molecule has 1 rings (SSSR count). The third-order valence-corrected chi connectivity index (χ3v) is 2.99. The van der Waals surface area contributed by atoms with E-state index in [0.717, 1.165) is 13.1 Å². The molecule has 0 atom stereocenters. The first kappa shape index (κ1) is 12.3. The number of carbonyl (C=O) groups is 1. The van der Waals surface area contributed by atoms with E-state index in [2.05, 4.69) is 0 Å². The summed E-state index contributed by atoms with van der Waals surface area (Å²) in [7, 11) is 1.67. The van der Waals surface area contributed by atoms with Crippen molar-refractivity contribution < 1.29 is 9.44 Å². The largest absolute Gasteiger partial charge is 0.633 e. The van der Waals surface area contributed by atoms with Crippen molar-refractivity contribution >= 4 is 6.03 Å². The Hall–Kier alpha value is -0.810. The Kier molecular flexibility index (Phi) is 3.93. The molecule has 1 aliphatic rings. The molecule has 5 heteroatoms. The molecular formula is C10H21N3O2. The predicted octanol–water partition coefficient (Wildman–Crippen LogP) is 0.708. The number of hydrogen-bond acceptors (Lipinski definition) is 2. The van der Waals surface area contributed by atoms with Gasteiger partial charge in [-0.1, -0.05) is 0 Å². The van der Waals surface area contributed by atoms with E-state index in [1.807, 2.05) is 13.8 Å². The van der Waals surface area contributed by atoms with Crippen molar-refractivity contribution in [2.75, 3.05) is 46.3 Å². The fourth-order valence-electron chi connectivity index (χ4n) is 1.77. The smallest absolute Gasteiger partial charge is 0.320 e. The normalized spacial score (nSPS) is 20.1. The highest BCUT2D eigenvalue weighted by molar-refractivity contribution is 5.74.